The Morgan fingerprint density at radius 1 is 0.209 bits per heavy atom. The quantitative estimate of drug-likeness (QED) is 0.192. The van der Waals surface area contributed by atoms with Gasteiger partial charge in [-0.15, -0.1) is 0 Å². The van der Waals surface area contributed by atoms with E-state index in [4.69, 9.17) is 0 Å². The molecular formula is C42H27B. The fourth-order valence-corrected chi connectivity index (χ4v) is 7.65. The van der Waals surface area contributed by atoms with E-state index in [1.165, 1.54) is 83.1 Å². The van der Waals surface area contributed by atoms with Crippen LogP contribution in [0.3, 0.4) is 0 Å². The van der Waals surface area contributed by atoms with E-state index in [9.17, 15) is 0 Å². The second-order valence-electron chi connectivity index (χ2n) is 11.6. The van der Waals surface area contributed by atoms with Crippen LogP contribution in [0.5, 0.6) is 0 Å². The van der Waals surface area contributed by atoms with Gasteiger partial charge in [0.2, 0.25) is 6.71 Å². The Kier molecular flexibility index (Phi) is 5.40. The average molecular weight is 542 g/mol. The van der Waals surface area contributed by atoms with Crippen molar-refractivity contribution in [2.45, 2.75) is 0 Å². The van der Waals surface area contributed by atoms with Crippen LogP contribution in [0.2, 0.25) is 0 Å². The summed E-state index contributed by atoms with van der Waals surface area (Å²) < 4.78 is 0. The molecule has 0 bridgehead atoms. The second kappa shape index (κ2) is 9.58. The normalized spacial score (nSPS) is 12.1. The van der Waals surface area contributed by atoms with Crippen molar-refractivity contribution in [2.24, 2.45) is 0 Å². The van der Waals surface area contributed by atoms with Crippen molar-refractivity contribution in [1.29, 1.82) is 0 Å². The molecule has 0 atom stereocenters. The Hall–Kier alpha value is -5.40. The van der Waals surface area contributed by atoms with Gasteiger partial charge in [-0.05, 0) is 66.8 Å². The van der Waals surface area contributed by atoms with Gasteiger partial charge in [-0.3, -0.25) is 0 Å². The van der Waals surface area contributed by atoms with Crippen molar-refractivity contribution in [3.63, 3.8) is 0 Å². The number of rotatable bonds is 2. The van der Waals surface area contributed by atoms with Crippen LogP contribution < -0.4 is 16.4 Å². The molecule has 0 radical (unpaired) electrons. The molecule has 2 heterocycles. The van der Waals surface area contributed by atoms with Crippen molar-refractivity contribution < 1.29 is 0 Å². The average Bonchev–Trinajstić information content (AvgIpc) is 3.30. The number of benzene rings is 7. The third-order valence-corrected chi connectivity index (χ3v) is 9.37. The molecule has 7 aromatic carbocycles. The molecule has 2 aliphatic heterocycles. The highest BCUT2D eigenvalue weighted by molar-refractivity contribution is 7.00. The molecular weight excluding hydrogens is 515 g/mol. The second-order valence-corrected chi connectivity index (χ2v) is 11.6. The highest BCUT2D eigenvalue weighted by atomic mass is 14.3. The lowest BCUT2D eigenvalue weighted by Crippen LogP contribution is -2.54. The third kappa shape index (κ3) is 3.58. The molecule has 7 aromatic rings. The number of fused-ring (bicyclic) bond motifs is 10. The van der Waals surface area contributed by atoms with Crippen LogP contribution in [-0.2, 0) is 0 Å². The standard InChI is InChI=1S/C42H27B/c1-3-14-28(15-4-1)30-22-11-24-36-32-18-7-9-20-34(32)38-26-13-27-39-35-21-10-8-19-33(35)37-25-12-23-31(29-16-5-2-6-17-29)41(37)43(40(30)36)42(38)39/h1-27H. The van der Waals surface area contributed by atoms with Gasteiger partial charge < -0.3 is 0 Å². The maximum Gasteiger partial charge on any atom is 0.246 e. The first-order valence-electron chi connectivity index (χ1n) is 15.1. The van der Waals surface area contributed by atoms with Gasteiger partial charge in [-0.1, -0.05) is 180 Å². The van der Waals surface area contributed by atoms with E-state index >= 15 is 0 Å². The van der Waals surface area contributed by atoms with Crippen molar-refractivity contribution >= 4 is 23.1 Å². The molecule has 43 heavy (non-hydrogen) atoms. The van der Waals surface area contributed by atoms with Gasteiger partial charge >= 0.3 is 0 Å². The van der Waals surface area contributed by atoms with Crippen molar-refractivity contribution in [3.8, 4) is 66.8 Å². The first-order valence-corrected chi connectivity index (χ1v) is 15.1. The zero-order valence-corrected chi connectivity index (χ0v) is 23.7. The topological polar surface area (TPSA) is 0 Å². The van der Waals surface area contributed by atoms with Crippen molar-refractivity contribution in [1.82, 2.24) is 0 Å². The molecule has 0 spiro atoms. The predicted molar refractivity (Wildman–Crippen MR) is 184 cm³/mol. The summed E-state index contributed by atoms with van der Waals surface area (Å²) in [6.07, 6.45) is 0. The largest absolute Gasteiger partial charge is 0.246 e. The van der Waals surface area contributed by atoms with E-state index < -0.39 is 0 Å². The van der Waals surface area contributed by atoms with Crippen LogP contribution in [0.15, 0.2) is 164 Å². The van der Waals surface area contributed by atoms with Crippen LogP contribution in [0.1, 0.15) is 0 Å². The summed E-state index contributed by atoms with van der Waals surface area (Å²) in [6.45, 7) is 0.0174. The molecule has 0 amide bonds. The van der Waals surface area contributed by atoms with Crippen LogP contribution in [0, 0.1) is 0 Å². The minimum atomic E-state index is 0.0174. The molecule has 0 N–H and O–H groups in total. The minimum Gasteiger partial charge on any atom is -0.0622 e. The van der Waals surface area contributed by atoms with E-state index in [1.807, 2.05) is 0 Å². The van der Waals surface area contributed by atoms with Gasteiger partial charge in [0, 0.05) is 0 Å². The molecule has 2 aliphatic rings. The van der Waals surface area contributed by atoms with E-state index in [0.717, 1.165) is 0 Å². The van der Waals surface area contributed by atoms with Gasteiger partial charge in [0.15, 0.2) is 0 Å². The molecule has 0 aliphatic carbocycles. The molecule has 0 aromatic heterocycles. The highest BCUT2D eigenvalue weighted by Crippen LogP contribution is 2.42. The molecule has 0 fully saturated rings. The van der Waals surface area contributed by atoms with E-state index in [-0.39, 0.29) is 6.71 Å². The lowest BCUT2D eigenvalue weighted by atomic mass is 9.33. The molecule has 0 unspecified atom stereocenters. The fourth-order valence-electron chi connectivity index (χ4n) is 7.65. The van der Waals surface area contributed by atoms with Crippen LogP contribution in [0.25, 0.3) is 66.8 Å². The maximum absolute atomic E-state index is 2.34. The third-order valence-electron chi connectivity index (χ3n) is 9.37. The fraction of sp³-hybridized carbons (Fsp3) is 0. The van der Waals surface area contributed by atoms with Crippen molar-refractivity contribution in [2.75, 3.05) is 0 Å². The van der Waals surface area contributed by atoms with E-state index in [2.05, 4.69) is 164 Å². The summed E-state index contributed by atoms with van der Waals surface area (Å²) in [6, 6.07) is 60.6. The van der Waals surface area contributed by atoms with Gasteiger partial charge in [0.05, 0.1) is 0 Å². The Morgan fingerprint density at radius 3 is 0.814 bits per heavy atom. The van der Waals surface area contributed by atoms with Gasteiger partial charge in [0.25, 0.3) is 0 Å². The first-order chi connectivity index (χ1) is 21.4. The summed E-state index contributed by atoms with van der Waals surface area (Å²) in [5.74, 6) is 0. The highest BCUT2D eigenvalue weighted by Gasteiger charge is 2.40. The predicted octanol–water partition coefficient (Wildman–Crippen LogP) is 8.83. The molecule has 198 valence electrons. The zero-order valence-electron chi connectivity index (χ0n) is 23.7. The molecule has 0 saturated heterocycles. The number of hydrogen-bond acceptors (Lipinski definition) is 0. The Morgan fingerprint density at radius 2 is 0.465 bits per heavy atom. The summed E-state index contributed by atoms with van der Waals surface area (Å²) in [5.41, 5.74) is 19.7. The van der Waals surface area contributed by atoms with Crippen LogP contribution in [-0.4, -0.2) is 6.71 Å². The summed E-state index contributed by atoms with van der Waals surface area (Å²) in [4.78, 5) is 0. The van der Waals surface area contributed by atoms with Gasteiger partial charge in [-0.25, -0.2) is 0 Å². The lowest BCUT2D eigenvalue weighted by molar-refractivity contribution is 1.59. The molecule has 9 rings (SSSR count). The number of hydrogen-bond donors (Lipinski definition) is 0. The SMILES string of the molecule is c1ccc(-c2cccc3c2B2c4c(-c5ccccc5)cccc4-c4ccccc4-c4cccc(c42)-c2ccccc2-3)cc1. The summed E-state index contributed by atoms with van der Waals surface area (Å²) in [7, 11) is 0. The minimum absolute atomic E-state index is 0.0174. The lowest BCUT2D eigenvalue weighted by Gasteiger charge is -2.26. The van der Waals surface area contributed by atoms with Gasteiger partial charge in [0.1, 0.15) is 0 Å². The summed E-state index contributed by atoms with van der Waals surface area (Å²) in [5, 5.41) is 0. The van der Waals surface area contributed by atoms with Gasteiger partial charge in [-0.2, -0.15) is 0 Å². The van der Waals surface area contributed by atoms with Crippen LogP contribution in [0.4, 0.5) is 0 Å². The Bertz CT molecular complexity index is 1990. The first kappa shape index (κ1) is 24.2. The van der Waals surface area contributed by atoms with E-state index in [1.54, 1.807) is 0 Å². The Labute approximate surface area is 253 Å². The monoisotopic (exact) mass is 542 g/mol. The van der Waals surface area contributed by atoms with E-state index in [0.29, 0.717) is 0 Å². The maximum atomic E-state index is 2.34. The molecule has 0 saturated carbocycles. The zero-order chi connectivity index (χ0) is 28.3. The summed E-state index contributed by atoms with van der Waals surface area (Å²) >= 11 is 0. The molecule has 0 nitrogen and oxygen atoms in total. The Balaban J connectivity index is 1.54. The van der Waals surface area contributed by atoms with Crippen molar-refractivity contribution in [3.05, 3.63) is 164 Å². The van der Waals surface area contributed by atoms with Crippen LogP contribution >= 0.6 is 0 Å². The molecule has 1 heteroatoms. The smallest absolute Gasteiger partial charge is 0.0622 e.